The highest BCUT2D eigenvalue weighted by molar-refractivity contribution is 5.78. The molecule has 2 heterocycles. The van der Waals surface area contributed by atoms with Gasteiger partial charge < -0.3 is 19.7 Å². The molecule has 0 bridgehead atoms. The van der Waals surface area contributed by atoms with Crippen LogP contribution in [0.4, 0.5) is 0 Å². The molecular weight excluding hydrogens is 220 g/mol. The summed E-state index contributed by atoms with van der Waals surface area (Å²) in [5.41, 5.74) is 0. The molecule has 1 spiro atoms. The lowest BCUT2D eigenvalue weighted by molar-refractivity contribution is -0.187. The van der Waals surface area contributed by atoms with Crippen molar-refractivity contribution in [2.75, 3.05) is 32.8 Å². The Morgan fingerprint density at radius 3 is 2.41 bits per heavy atom. The molecule has 5 heteroatoms. The van der Waals surface area contributed by atoms with Gasteiger partial charge in [-0.3, -0.25) is 4.79 Å². The van der Waals surface area contributed by atoms with Crippen molar-refractivity contribution in [1.29, 1.82) is 0 Å². The lowest BCUT2D eigenvalue weighted by Gasteiger charge is -2.37. The van der Waals surface area contributed by atoms with E-state index in [1.54, 1.807) is 0 Å². The summed E-state index contributed by atoms with van der Waals surface area (Å²) in [6, 6.07) is 0.344. The van der Waals surface area contributed by atoms with Gasteiger partial charge in [0.15, 0.2) is 5.79 Å². The molecule has 0 radical (unpaired) electrons. The molecule has 98 valence electrons. The van der Waals surface area contributed by atoms with Gasteiger partial charge in [-0.15, -0.1) is 0 Å². The first-order valence-electron chi connectivity index (χ1n) is 6.40. The second-order valence-corrected chi connectivity index (χ2v) is 5.02. The first kappa shape index (κ1) is 12.8. The highest BCUT2D eigenvalue weighted by Crippen LogP contribution is 2.31. The summed E-state index contributed by atoms with van der Waals surface area (Å²) >= 11 is 0. The van der Waals surface area contributed by atoms with Crippen LogP contribution in [-0.2, 0) is 14.3 Å². The van der Waals surface area contributed by atoms with Crippen LogP contribution in [0.25, 0.3) is 0 Å². The zero-order chi connectivity index (χ0) is 12.3. The summed E-state index contributed by atoms with van der Waals surface area (Å²) < 4.78 is 11.3. The van der Waals surface area contributed by atoms with Crippen molar-refractivity contribution in [2.24, 2.45) is 0 Å². The number of hydrogen-bond acceptors (Lipinski definition) is 4. The molecule has 1 N–H and O–H groups in total. The van der Waals surface area contributed by atoms with Crippen LogP contribution >= 0.6 is 0 Å². The predicted molar refractivity (Wildman–Crippen MR) is 63.6 cm³/mol. The van der Waals surface area contributed by atoms with Gasteiger partial charge >= 0.3 is 0 Å². The number of nitrogens with one attached hydrogen (secondary N) is 1. The van der Waals surface area contributed by atoms with Crippen LogP contribution in [0.3, 0.4) is 0 Å². The Hall–Kier alpha value is -0.650. The Bertz CT molecular complexity index is 265. The van der Waals surface area contributed by atoms with E-state index in [0.29, 0.717) is 25.8 Å². The van der Waals surface area contributed by atoms with Crippen molar-refractivity contribution < 1.29 is 14.3 Å². The van der Waals surface area contributed by atoms with Gasteiger partial charge in [-0.25, -0.2) is 0 Å². The third kappa shape index (κ3) is 3.18. The van der Waals surface area contributed by atoms with Crippen LogP contribution in [0.15, 0.2) is 0 Å². The largest absolute Gasteiger partial charge is 0.347 e. The van der Waals surface area contributed by atoms with Gasteiger partial charge in [0.1, 0.15) is 0 Å². The number of hydrogen-bond donors (Lipinski definition) is 1. The fourth-order valence-corrected chi connectivity index (χ4v) is 2.29. The molecule has 0 aromatic heterocycles. The molecule has 0 saturated carbocycles. The van der Waals surface area contributed by atoms with Gasteiger partial charge in [-0.2, -0.15) is 0 Å². The van der Waals surface area contributed by atoms with Crippen molar-refractivity contribution in [2.45, 2.75) is 38.5 Å². The first-order valence-corrected chi connectivity index (χ1v) is 6.40. The lowest BCUT2D eigenvalue weighted by Crippen LogP contribution is -2.49. The second-order valence-electron chi connectivity index (χ2n) is 5.02. The van der Waals surface area contributed by atoms with Gasteiger partial charge in [0.2, 0.25) is 5.91 Å². The van der Waals surface area contributed by atoms with Crippen molar-refractivity contribution in [3.8, 4) is 0 Å². The number of piperidine rings is 1. The maximum Gasteiger partial charge on any atom is 0.236 e. The number of carbonyl (C=O) groups is 1. The maximum absolute atomic E-state index is 11.9. The van der Waals surface area contributed by atoms with E-state index in [-0.39, 0.29) is 11.7 Å². The summed E-state index contributed by atoms with van der Waals surface area (Å²) in [5.74, 6) is -0.214. The predicted octanol–water partition coefficient (Wildman–Crippen LogP) is 0.350. The number of amides is 1. The van der Waals surface area contributed by atoms with Crippen molar-refractivity contribution >= 4 is 5.91 Å². The molecule has 0 unspecified atom stereocenters. The molecule has 2 fully saturated rings. The SMILES string of the molecule is CC(C)NCC(=O)N1CCC2(CC1)OCCO2. The summed E-state index contributed by atoms with van der Waals surface area (Å²) in [6.45, 7) is 7.34. The molecule has 5 nitrogen and oxygen atoms in total. The zero-order valence-corrected chi connectivity index (χ0v) is 10.7. The molecule has 0 aromatic rings. The third-order valence-corrected chi connectivity index (χ3v) is 3.35. The molecule has 2 aliphatic rings. The average Bonchev–Trinajstić information content (AvgIpc) is 2.75. The minimum Gasteiger partial charge on any atom is -0.347 e. The molecule has 0 aliphatic carbocycles. The van der Waals surface area contributed by atoms with Crippen LogP contribution in [-0.4, -0.2) is 55.5 Å². The van der Waals surface area contributed by atoms with E-state index >= 15 is 0 Å². The molecule has 1 amide bonds. The molecule has 0 aromatic carbocycles. The standard InChI is InChI=1S/C12H22N2O3/c1-10(2)13-9-11(15)14-5-3-12(4-6-14)16-7-8-17-12/h10,13H,3-9H2,1-2H3. The van der Waals surface area contributed by atoms with Crippen molar-refractivity contribution in [3.63, 3.8) is 0 Å². The van der Waals surface area contributed by atoms with Crippen LogP contribution in [0, 0.1) is 0 Å². The lowest BCUT2D eigenvalue weighted by atomic mass is 10.0. The van der Waals surface area contributed by atoms with Crippen molar-refractivity contribution in [1.82, 2.24) is 10.2 Å². The van der Waals surface area contributed by atoms with E-state index in [4.69, 9.17) is 9.47 Å². The molecule has 17 heavy (non-hydrogen) atoms. The minimum absolute atomic E-state index is 0.173. The molecule has 2 saturated heterocycles. The van der Waals surface area contributed by atoms with E-state index in [0.717, 1.165) is 25.9 Å². The van der Waals surface area contributed by atoms with Gasteiger partial charge in [0, 0.05) is 32.0 Å². The van der Waals surface area contributed by atoms with Crippen LogP contribution < -0.4 is 5.32 Å². The van der Waals surface area contributed by atoms with E-state index in [9.17, 15) is 4.79 Å². The van der Waals surface area contributed by atoms with E-state index in [2.05, 4.69) is 5.32 Å². The normalized spacial score (nSPS) is 23.6. The Morgan fingerprint density at radius 2 is 1.88 bits per heavy atom. The Kier molecular flexibility index (Phi) is 4.01. The first-order chi connectivity index (χ1) is 8.11. The summed E-state index contributed by atoms with van der Waals surface area (Å²) in [6.07, 6.45) is 1.58. The van der Waals surface area contributed by atoms with E-state index in [1.165, 1.54) is 0 Å². The number of carbonyl (C=O) groups excluding carboxylic acids is 1. The topological polar surface area (TPSA) is 50.8 Å². The molecular formula is C12H22N2O3. The highest BCUT2D eigenvalue weighted by atomic mass is 16.7. The van der Waals surface area contributed by atoms with Crippen LogP contribution in [0.2, 0.25) is 0 Å². The van der Waals surface area contributed by atoms with Gasteiger partial charge in [0.25, 0.3) is 0 Å². The quantitative estimate of drug-likeness (QED) is 0.776. The van der Waals surface area contributed by atoms with Gasteiger partial charge in [-0.1, -0.05) is 13.8 Å². The molecule has 0 atom stereocenters. The Balaban J connectivity index is 1.76. The summed E-state index contributed by atoms with van der Waals surface area (Å²) in [7, 11) is 0. The summed E-state index contributed by atoms with van der Waals surface area (Å²) in [4.78, 5) is 13.8. The van der Waals surface area contributed by atoms with E-state index in [1.807, 2.05) is 18.7 Å². The Morgan fingerprint density at radius 1 is 1.29 bits per heavy atom. The average molecular weight is 242 g/mol. The Labute approximate surface area is 102 Å². The van der Waals surface area contributed by atoms with Crippen LogP contribution in [0.1, 0.15) is 26.7 Å². The maximum atomic E-state index is 11.9. The second kappa shape index (κ2) is 5.33. The smallest absolute Gasteiger partial charge is 0.236 e. The fourth-order valence-electron chi connectivity index (χ4n) is 2.29. The summed E-state index contributed by atoms with van der Waals surface area (Å²) in [5, 5.41) is 3.15. The highest BCUT2D eigenvalue weighted by Gasteiger charge is 2.40. The number of rotatable bonds is 3. The monoisotopic (exact) mass is 242 g/mol. The number of ether oxygens (including phenoxy) is 2. The minimum atomic E-state index is -0.387. The van der Waals surface area contributed by atoms with Gasteiger partial charge in [-0.05, 0) is 0 Å². The number of nitrogens with zero attached hydrogens (tertiary/aromatic N) is 1. The fraction of sp³-hybridized carbons (Fsp3) is 0.917. The molecule has 2 rings (SSSR count). The van der Waals surface area contributed by atoms with Crippen molar-refractivity contribution in [3.05, 3.63) is 0 Å². The molecule has 2 aliphatic heterocycles. The van der Waals surface area contributed by atoms with Crippen LogP contribution in [0.5, 0.6) is 0 Å². The number of likely N-dealkylation sites (tertiary alicyclic amines) is 1. The van der Waals surface area contributed by atoms with Gasteiger partial charge in [0.05, 0.1) is 19.8 Å². The zero-order valence-electron chi connectivity index (χ0n) is 10.7. The van der Waals surface area contributed by atoms with E-state index < -0.39 is 0 Å². The third-order valence-electron chi connectivity index (χ3n) is 3.35.